The lowest BCUT2D eigenvalue weighted by molar-refractivity contribution is -0.185. The third-order valence-corrected chi connectivity index (χ3v) is 6.85. The second-order valence-electron chi connectivity index (χ2n) is 8.83. The minimum atomic E-state index is -0.464. The van der Waals surface area contributed by atoms with Gasteiger partial charge in [0.2, 0.25) is 0 Å². The summed E-state index contributed by atoms with van der Waals surface area (Å²) in [5.74, 6) is 1.67. The van der Waals surface area contributed by atoms with Gasteiger partial charge < -0.3 is 9.47 Å². The highest BCUT2D eigenvalue weighted by atomic mass is 16.5. The maximum absolute atomic E-state index is 13.0. The highest BCUT2D eigenvalue weighted by Gasteiger charge is 2.63. The number of rotatable bonds is 2. The Balaban J connectivity index is 1.97. The molecule has 1 spiro atoms. The van der Waals surface area contributed by atoms with Crippen LogP contribution in [-0.4, -0.2) is 13.1 Å². The molecule has 3 heteroatoms. The molecule has 0 N–H and O–H groups in total. The van der Waals surface area contributed by atoms with Crippen LogP contribution in [0.4, 0.5) is 0 Å². The Hall–Kier alpha value is -1.51. The largest absolute Gasteiger partial charge is 0.496 e. The lowest BCUT2D eigenvalue weighted by Crippen LogP contribution is -2.59. The van der Waals surface area contributed by atoms with Crippen LogP contribution in [-0.2, 0) is 14.9 Å². The van der Waals surface area contributed by atoms with E-state index in [-0.39, 0.29) is 17.5 Å². The van der Waals surface area contributed by atoms with Crippen LogP contribution >= 0.6 is 0 Å². The van der Waals surface area contributed by atoms with E-state index in [1.807, 2.05) is 0 Å². The van der Waals surface area contributed by atoms with Crippen molar-refractivity contribution < 1.29 is 14.3 Å². The molecule has 0 aromatic heterocycles. The first-order valence-electron chi connectivity index (χ1n) is 9.24. The molecule has 0 amide bonds. The Morgan fingerprint density at radius 3 is 2.67 bits per heavy atom. The van der Waals surface area contributed by atoms with E-state index >= 15 is 0 Å². The lowest BCUT2D eigenvalue weighted by Gasteiger charge is -2.58. The average molecular weight is 328 g/mol. The number of benzene rings is 1. The molecule has 0 radical (unpaired) electrons. The first-order valence-corrected chi connectivity index (χ1v) is 9.24. The van der Waals surface area contributed by atoms with Crippen LogP contribution < -0.4 is 4.74 Å². The van der Waals surface area contributed by atoms with E-state index in [4.69, 9.17) is 9.47 Å². The van der Waals surface area contributed by atoms with E-state index in [0.717, 1.165) is 25.0 Å². The van der Waals surface area contributed by atoms with Gasteiger partial charge >= 0.3 is 5.97 Å². The van der Waals surface area contributed by atoms with Crippen LogP contribution in [0.25, 0.3) is 0 Å². The van der Waals surface area contributed by atoms with Crippen molar-refractivity contribution in [3.8, 4) is 5.75 Å². The van der Waals surface area contributed by atoms with Crippen molar-refractivity contribution in [2.24, 2.45) is 11.3 Å². The quantitative estimate of drug-likeness (QED) is 0.726. The van der Waals surface area contributed by atoms with E-state index in [9.17, 15) is 4.79 Å². The van der Waals surface area contributed by atoms with E-state index in [1.165, 1.54) is 23.1 Å². The average Bonchev–Trinajstić information content (AvgIpc) is 2.53. The number of hydrogen-bond donors (Lipinski definition) is 0. The second-order valence-corrected chi connectivity index (χ2v) is 8.83. The zero-order valence-corrected chi connectivity index (χ0v) is 15.4. The molecule has 2 aliphatic heterocycles. The van der Waals surface area contributed by atoms with Crippen molar-refractivity contribution in [3.63, 3.8) is 0 Å². The standard InChI is InChI=1S/C21H28O3/c1-12(2)13-9-14-15(10-16(13)23-5)21-8-6-7-20(3,4)18(21)11-17(14)24-19(21)22/h9-10,12,17-18H,6-8,11H2,1-5H3/t17-,18-,21-/m0/s1. The summed E-state index contributed by atoms with van der Waals surface area (Å²) in [6.07, 6.45) is 4.06. The van der Waals surface area contributed by atoms with Gasteiger partial charge in [-0.3, -0.25) is 4.79 Å². The molecular formula is C21H28O3. The fourth-order valence-corrected chi connectivity index (χ4v) is 5.62. The lowest BCUT2D eigenvalue weighted by atomic mass is 9.48. The van der Waals surface area contributed by atoms with Gasteiger partial charge in [-0.1, -0.05) is 34.1 Å². The van der Waals surface area contributed by atoms with Crippen LogP contribution in [0.15, 0.2) is 12.1 Å². The predicted octanol–water partition coefficient (Wildman–Crippen LogP) is 4.88. The Labute approximate surface area is 144 Å². The van der Waals surface area contributed by atoms with Gasteiger partial charge in [-0.2, -0.15) is 0 Å². The van der Waals surface area contributed by atoms with Gasteiger partial charge in [-0.15, -0.1) is 0 Å². The smallest absolute Gasteiger partial charge is 0.317 e. The van der Waals surface area contributed by atoms with Crippen molar-refractivity contribution >= 4 is 5.97 Å². The molecule has 1 saturated heterocycles. The van der Waals surface area contributed by atoms with Crippen molar-refractivity contribution in [1.82, 2.24) is 0 Å². The van der Waals surface area contributed by atoms with Crippen LogP contribution in [0.5, 0.6) is 5.75 Å². The van der Waals surface area contributed by atoms with Gasteiger partial charge in [0.25, 0.3) is 0 Å². The molecule has 5 rings (SSSR count). The van der Waals surface area contributed by atoms with Crippen LogP contribution in [0, 0.1) is 11.3 Å². The molecule has 1 aromatic carbocycles. The SMILES string of the molecule is COc1cc2c(cc1C(C)C)[C@@H]1C[C@H]3C(C)(C)CCC[C@]23C(=O)O1. The summed E-state index contributed by atoms with van der Waals surface area (Å²) >= 11 is 0. The molecule has 24 heavy (non-hydrogen) atoms. The molecular weight excluding hydrogens is 300 g/mol. The molecule has 1 saturated carbocycles. The summed E-state index contributed by atoms with van der Waals surface area (Å²) in [6.45, 7) is 9.02. The summed E-state index contributed by atoms with van der Waals surface area (Å²) in [4.78, 5) is 13.0. The number of methoxy groups -OCH3 is 1. The van der Waals surface area contributed by atoms with E-state index in [1.54, 1.807) is 7.11 Å². The number of carbonyl (C=O) groups is 1. The molecule has 2 bridgehead atoms. The minimum absolute atomic E-state index is 0.00313. The molecule has 130 valence electrons. The van der Waals surface area contributed by atoms with E-state index in [2.05, 4.69) is 39.8 Å². The highest BCUT2D eigenvalue weighted by Crippen LogP contribution is 2.64. The van der Waals surface area contributed by atoms with Crippen LogP contribution in [0.2, 0.25) is 0 Å². The molecule has 3 atom stereocenters. The molecule has 0 unspecified atom stereocenters. The van der Waals surface area contributed by atoms with Gasteiger partial charge in [0.15, 0.2) is 0 Å². The van der Waals surface area contributed by atoms with E-state index in [0.29, 0.717) is 11.8 Å². The molecule has 3 nitrogen and oxygen atoms in total. The number of fused-ring (bicyclic) bond motifs is 1. The number of esters is 1. The highest BCUT2D eigenvalue weighted by molar-refractivity contribution is 5.88. The van der Waals surface area contributed by atoms with Crippen molar-refractivity contribution in [2.75, 3.05) is 7.11 Å². The number of hydrogen-bond acceptors (Lipinski definition) is 3. The fraction of sp³-hybridized carbons (Fsp3) is 0.667. The monoisotopic (exact) mass is 328 g/mol. The Bertz CT molecular complexity index is 703. The van der Waals surface area contributed by atoms with Crippen LogP contribution in [0.1, 0.15) is 82.1 Å². The molecule has 2 heterocycles. The van der Waals surface area contributed by atoms with Crippen LogP contribution in [0.3, 0.4) is 0 Å². The normalized spacial score (nSPS) is 33.0. The number of carbonyl (C=O) groups excluding carboxylic acids is 1. The van der Waals surface area contributed by atoms with Crippen molar-refractivity contribution in [1.29, 1.82) is 0 Å². The van der Waals surface area contributed by atoms with Gasteiger partial charge in [0.1, 0.15) is 11.9 Å². The maximum atomic E-state index is 13.0. The zero-order valence-electron chi connectivity index (χ0n) is 15.4. The van der Waals surface area contributed by atoms with Gasteiger partial charge in [-0.25, -0.2) is 0 Å². The van der Waals surface area contributed by atoms with Crippen molar-refractivity contribution in [3.05, 3.63) is 28.8 Å². The minimum Gasteiger partial charge on any atom is -0.496 e. The Morgan fingerprint density at radius 2 is 2.00 bits per heavy atom. The first-order chi connectivity index (χ1) is 11.3. The number of ether oxygens (including phenoxy) is 2. The topological polar surface area (TPSA) is 35.5 Å². The molecule has 4 aliphatic rings. The first kappa shape index (κ1) is 16.0. The Kier molecular flexibility index (Phi) is 3.33. The molecule has 1 aromatic rings. The summed E-state index contributed by atoms with van der Waals surface area (Å²) < 4.78 is 11.6. The zero-order chi connectivity index (χ0) is 17.3. The van der Waals surface area contributed by atoms with Crippen molar-refractivity contribution in [2.45, 2.75) is 70.8 Å². The second kappa shape index (κ2) is 5.00. The predicted molar refractivity (Wildman–Crippen MR) is 93.3 cm³/mol. The summed E-state index contributed by atoms with van der Waals surface area (Å²) in [6, 6.07) is 4.40. The molecule has 2 aliphatic carbocycles. The summed E-state index contributed by atoms with van der Waals surface area (Å²) in [7, 11) is 1.73. The van der Waals surface area contributed by atoms with E-state index < -0.39 is 5.41 Å². The third-order valence-electron chi connectivity index (χ3n) is 6.85. The fourth-order valence-electron chi connectivity index (χ4n) is 5.62. The Morgan fingerprint density at radius 1 is 1.25 bits per heavy atom. The third kappa shape index (κ3) is 1.87. The van der Waals surface area contributed by atoms with Gasteiger partial charge in [0, 0.05) is 0 Å². The summed E-state index contributed by atoms with van der Waals surface area (Å²) in [5, 5.41) is 0. The molecule has 2 fully saturated rings. The van der Waals surface area contributed by atoms with Gasteiger partial charge in [-0.05, 0) is 65.3 Å². The van der Waals surface area contributed by atoms with Gasteiger partial charge in [0.05, 0.1) is 12.5 Å². The maximum Gasteiger partial charge on any atom is 0.317 e. The summed E-state index contributed by atoms with van der Waals surface area (Å²) in [5.41, 5.74) is 3.34.